The summed E-state index contributed by atoms with van der Waals surface area (Å²) >= 11 is 7.29. The van der Waals surface area contributed by atoms with Crippen molar-refractivity contribution in [2.24, 2.45) is 0 Å². The number of allylic oxidation sites excluding steroid dienone is 2. The van der Waals surface area contributed by atoms with E-state index in [1.807, 2.05) is 13.8 Å². The lowest BCUT2D eigenvalue weighted by Gasteiger charge is -1.99. The minimum absolute atomic E-state index is 0.303. The fraction of sp³-hybridized carbons (Fsp3) is 0.182. The number of thiophene rings is 1. The molecular formula is C11H11ClO2S. The Hall–Kier alpha value is -1.06. The Morgan fingerprint density at radius 3 is 2.67 bits per heavy atom. The van der Waals surface area contributed by atoms with E-state index in [1.165, 1.54) is 11.3 Å². The van der Waals surface area contributed by atoms with Gasteiger partial charge in [0.05, 0.1) is 5.03 Å². The van der Waals surface area contributed by atoms with Crippen LogP contribution in [-0.2, 0) is 0 Å². The first-order valence-corrected chi connectivity index (χ1v) is 5.49. The van der Waals surface area contributed by atoms with Gasteiger partial charge in [0, 0.05) is 4.88 Å². The maximum atomic E-state index is 10.8. The third kappa shape index (κ3) is 2.49. The molecule has 15 heavy (non-hydrogen) atoms. The fourth-order valence-electron chi connectivity index (χ4n) is 1.07. The van der Waals surface area contributed by atoms with E-state index < -0.39 is 5.97 Å². The van der Waals surface area contributed by atoms with E-state index >= 15 is 0 Å². The summed E-state index contributed by atoms with van der Waals surface area (Å²) in [4.78, 5) is 11.9. The predicted octanol–water partition coefficient (Wildman–Crippen LogP) is 3.91. The molecule has 2 nitrogen and oxygen atoms in total. The molecule has 0 aliphatic carbocycles. The average Bonchev–Trinajstić information content (AvgIpc) is 2.58. The molecule has 1 aromatic rings. The van der Waals surface area contributed by atoms with Gasteiger partial charge in [0.2, 0.25) is 0 Å². The zero-order valence-corrected chi connectivity index (χ0v) is 10.1. The van der Waals surface area contributed by atoms with Gasteiger partial charge in [-0.2, -0.15) is 0 Å². The lowest BCUT2D eigenvalue weighted by atomic mass is 10.2. The Kier molecular flexibility index (Phi) is 3.72. The van der Waals surface area contributed by atoms with Crippen molar-refractivity contribution in [3.8, 4) is 0 Å². The third-order valence-electron chi connectivity index (χ3n) is 1.98. The predicted molar refractivity (Wildman–Crippen MR) is 64.7 cm³/mol. The molecule has 0 aromatic carbocycles. The molecule has 0 aliphatic rings. The van der Waals surface area contributed by atoms with Crippen molar-refractivity contribution >= 4 is 33.9 Å². The average molecular weight is 243 g/mol. The van der Waals surface area contributed by atoms with Crippen LogP contribution in [0.15, 0.2) is 24.3 Å². The van der Waals surface area contributed by atoms with E-state index in [0.29, 0.717) is 9.91 Å². The van der Waals surface area contributed by atoms with Gasteiger partial charge in [-0.3, -0.25) is 0 Å². The summed E-state index contributed by atoms with van der Waals surface area (Å²) in [6.07, 6.45) is 1.65. The summed E-state index contributed by atoms with van der Waals surface area (Å²) < 4.78 is 0. The first-order chi connectivity index (χ1) is 6.97. The molecule has 0 saturated carbocycles. The lowest BCUT2D eigenvalue weighted by Crippen LogP contribution is -1.89. The molecule has 0 unspecified atom stereocenters. The minimum atomic E-state index is -0.921. The van der Waals surface area contributed by atoms with E-state index in [2.05, 4.69) is 6.58 Å². The molecule has 0 amide bonds. The van der Waals surface area contributed by atoms with Crippen LogP contribution in [0.3, 0.4) is 0 Å². The van der Waals surface area contributed by atoms with Crippen molar-refractivity contribution in [2.75, 3.05) is 0 Å². The smallest absolute Gasteiger partial charge is 0.345 e. The maximum absolute atomic E-state index is 10.8. The molecule has 1 N–H and O–H groups in total. The van der Waals surface area contributed by atoms with Crippen molar-refractivity contribution in [1.82, 2.24) is 0 Å². The largest absolute Gasteiger partial charge is 0.477 e. The van der Waals surface area contributed by atoms with Gasteiger partial charge < -0.3 is 5.11 Å². The molecule has 0 spiro atoms. The van der Waals surface area contributed by atoms with Crippen LogP contribution in [0.25, 0.3) is 5.03 Å². The number of aryl methyl sites for hydroxylation is 1. The summed E-state index contributed by atoms with van der Waals surface area (Å²) in [5, 5.41) is 9.40. The first kappa shape index (κ1) is 12.0. The SMILES string of the molecule is C=C/C(C)=C(/Cl)c1sc(C(=O)O)cc1C. The van der Waals surface area contributed by atoms with Crippen LogP contribution in [0, 0.1) is 6.92 Å². The first-order valence-electron chi connectivity index (χ1n) is 4.30. The third-order valence-corrected chi connectivity index (χ3v) is 3.82. The van der Waals surface area contributed by atoms with Crippen LogP contribution >= 0.6 is 22.9 Å². The second-order valence-corrected chi connectivity index (χ2v) is 4.56. The quantitative estimate of drug-likeness (QED) is 0.816. The molecule has 0 aliphatic heterocycles. The van der Waals surface area contributed by atoms with Gasteiger partial charge in [-0.15, -0.1) is 11.3 Å². The zero-order valence-electron chi connectivity index (χ0n) is 8.50. The van der Waals surface area contributed by atoms with Gasteiger partial charge in [-0.05, 0) is 31.1 Å². The van der Waals surface area contributed by atoms with Crippen LogP contribution in [0.4, 0.5) is 0 Å². The number of rotatable bonds is 3. The Morgan fingerprint density at radius 1 is 1.67 bits per heavy atom. The summed E-state index contributed by atoms with van der Waals surface area (Å²) in [5.41, 5.74) is 1.72. The van der Waals surface area contributed by atoms with Crippen molar-refractivity contribution in [2.45, 2.75) is 13.8 Å². The van der Waals surface area contributed by atoms with Crippen molar-refractivity contribution in [3.63, 3.8) is 0 Å². The molecule has 0 radical (unpaired) electrons. The monoisotopic (exact) mass is 242 g/mol. The lowest BCUT2D eigenvalue weighted by molar-refractivity contribution is 0.0702. The van der Waals surface area contributed by atoms with Gasteiger partial charge >= 0.3 is 5.97 Å². The highest BCUT2D eigenvalue weighted by molar-refractivity contribution is 7.16. The Balaban J connectivity index is 3.27. The number of halogens is 1. The van der Waals surface area contributed by atoms with Crippen molar-refractivity contribution < 1.29 is 9.90 Å². The van der Waals surface area contributed by atoms with E-state index in [1.54, 1.807) is 12.1 Å². The molecule has 1 heterocycles. The fourth-order valence-corrected chi connectivity index (χ4v) is 2.43. The normalized spacial score (nSPS) is 12.2. The Labute approximate surface area is 97.5 Å². The molecular weight excluding hydrogens is 232 g/mol. The van der Waals surface area contributed by atoms with Gasteiger partial charge in [-0.1, -0.05) is 24.3 Å². The molecule has 0 saturated heterocycles. The van der Waals surface area contributed by atoms with Gasteiger partial charge in [0.15, 0.2) is 0 Å². The molecule has 80 valence electrons. The number of carboxylic acid groups (broad SMARTS) is 1. The number of hydrogen-bond acceptors (Lipinski definition) is 2. The van der Waals surface area contributed by atoms with E-state index in [4.69, 9.17) is 16.7 Å². The summed E-state index contributed by atoms with van der Waals surface area (Å²) in [6, 6.07) is 1.63. The summed E-state index contributed by atoms with van der Waals surface area (Å²) in [6.45, 7) is 7.31. The van der Waals surface area contributed by atoms with E-state index in [-0.39, 0.29) is 0 Å². The number of carboxylic acids is 1. The van der Waals surface area contributed by atoms with Crippen molar-refractivity contribution in [3.05, 3.63) is 39.6 Å². The molecule has 4 heteroatoms. The van der Waals surface area contributed by atoms with E-state index in [0.717, 1.165) is 16.0 Å². The Morgan fingerprint density at radius 2 is 2.27 bits per heavy atom. The second-order valence-electron chi connectivity index (χ2n) is 3.13. The van der Waals surface area contributed by atoms with Crippen LogP contribution in [-0.4, -0.2) is 11.1 Å². The Bertz CT molecular complexity index is 443. The number of hydrogen-bond donors (Lipinski definition) is 1. The second kappa shape index (κ2) is 4.64. The summed E-state index contributed by atoms with van der Waals surface area (Å²) in [5.74, 6) is -0.921. The van der Waals surface area contributed by atoms with Gasteiger partial charge in [-0.25, -0.2) is 4.79 Å². The molecule has 0 fully saturated rings. The van der Waals surface area contributed by atoms with Gasteiger partial charge in [0.25, 0.3) is 0 Å². The molecule has 0 atom stereocenters. The molecule has 1 aromatic heterocycles. The van der Waals surface area contributed by atoms with Crippen LogP contribution in [0.1, 0.15) is 27.0 Å². The molecule has 0 bridgehead atoms. The minimum Gasteiger partial charge on any atom is -0.477 e. The van der Waals surface area contributed by atoms with Gasteiger partial charge in [0.1, 0.15) is 4.88 Å². The standard InChI is InChI=1S/C11H11ClO2S/c1-4-6(2)9(12)10-7(3)5-8(15-10)11(13)14/h4-5H,1H2,2-3H3,(H,13,14)/b9-6+. The maximum Gasteiger partial charge on any atom is 0.345 e. The summed E-state index contributed by atoms with van der Waals surface area (Å²) in [7, 11) is 0. The number of carbonyl (C=O) groups is 1. The number of aromatic carboxylic acids is 1. The highest BCUT2D eigenvalue weighted by Crippen LogP contribution is 2.33. The van der Waals surface area contributed by atoms with Crippen LogP contribution in [0.5, 0.6) is 0 Å². The van der Waals surface area contributed by atoms with Crippen LogP contribution in [0.2, 0.25) is 0 Å². The topological polar surface area (TPSA) is 37.3 Å². The zero-order chi connectivity index (χ0) is 11.6. The highest BCUT2D eigenvalue weighted by atomic mass is 35.5. The van der Waals surface area contributed by atoms with E-state index in [9.17, 15) is 4.79 Å². The molecule has 1 rings (SSSR count). The van der Waals surface area contributed by atoms with Crippen LogP contribution < -0.4 is 0 Å². The van der Waals surface area contributed by atoms with Crippen molar-refractivity contribution in [1.29, 1.82) is 0 Å². The highest BCUT2D eigenvalue weighted by Gasteiger charge is 2.13.